The summed E-state index contributed by atoms with van der Waals surface area (Å²) in [5.74, 6) is -11.1. The van der Waals surface area contributed by atoms with Crippen LogP contribution in [0.25, 0.3) is 0 Å². The van der Waals surface area contributed by atoms with Crippen LogP contribution in [-0.4, -0.2) is 105 Å². The van der Waals surface area contributed by atoms with Crippen LogP contribution in [0.1, 0.15) is 90.1 Å². The van der Waals surface area contributed by atoms with Gasteiger partial charge in [-0.05, 0) is 67.0 Å². The van der Waals surface area contributed by atoms with E-state index in [4.69, 9.17) is 23.7 Å². The van der Waals surface area contributed by atoms with Gasteiger partial charge in [0, 0.05) is 30.7 Å². The van der Waals surface area contributed by atoms with Gasteiger partial charge in [0.2, 0.25) is 6.10 Å². The number of ketones is 1. The highest BCUT2D eigenvalue weighted by atomic mass is 19.2. The van der Waals surface area contributed by atoms with Crippen LogP contribution in [0.4, 0.5) is 8.78 Å². The molecule has 4 aromatic rings. The predicted molar refractivity (Wildman–Crippen MR) is 238 cm³/mol. The van der Waals surface area contributed by atoms with Crippen LogP contribution in [0, 0.1) is 28.4 Å². The first-order chi connectivity index (χ1) is 32.7. The number of carbonyl (C=O) groups excluding carboxylic acids is 6. The molecule has 4 N–H and O–H groups in total. The molecule has 4 aromatic carbocycles. The van der Waals surface area contributed by atoms with Crippen molar-refractivity contribution in [1.29, 1.82) is 0 Å². The number of halogens is 2. The average Bonchev–Trinajstić information content (AvgIpc) is 3.32. The van der Waals surface area contributed by atoms with E-state index in [2.05, 4.69) is 5.32 Å². The first kappa shape index (κ1) is 48.8. The molecule has 4 aliphatic rings. The summed E-state index contributed by atoms with van der Waals surface area (Å²) >= 11 is 0. The minimum absolute atomic E-state index is 0.0166. The molecule has 69 heavy (non-hydrogen) atoms. The zero-order chi connectivity index (χ0) is 49.8. The number of aliphatic hydroxyl groups is 3. The molecular weight excluding hydrogens is 901 g/mol. The van der Waals surface area contributed by atoms with Crippen molar-refractivity contribution >= 4 is 35.6 Å². The fraction of sp³-hybridized carbons (Fsp3) is 0.385. The number of aliphatic hydroxyl groups excluding tert-OH is 2. The summed E-state index contributed by atoms with van der Waals surface area (Å²) in [4.78, 5) is 85.4. The molecule has 1 unspecified atom stereocenters. The zero-order valence-electron chi connectivity index (χ0n) is 38.2. The fourth-order valence-corrected chi connectivity index (χ4v) is 10.9. The van der Waals surface area contributed by atoms with Crippen molar-refractivity contribution in [1.82, 2.24) is 5.32 Å². The lowest BCUT2D eigenvalue weighted by Gasteiger charge is -2.67. The molecule has 2 saturated carbocycles. The predicted octanol–water partition coefficient (Wildman–Crippen LogP) is 5.31. The molecule has 3 fully saturated rings. The zero-order valence-corrected chi connectivity index (χ0v) is 38.2. The number of rotatable bonds is 11. The van der Waals surface area contributed by atoms with Gasteiger partial charge in [-0.1, -0.05) is 86.6 Å². The maximum absolute atomic E-state index is 15.2. The van der Waals surface area contributed by atoms with Gasteiger partial charge in [0.15, 0.2) is 23.0 Å². The highest BCUT2D eigenvalue weighted by Gasteiger charge is 2.78. The van der Waals surface area contributed by atoms with E-state index in [1.807, 2.05) is 0 Å². The molecule has 3 aliphatic carbocycles. The number of nitrogens with one attached hydrogen (secondary N) is 1. The highest BCUT2D eigenvalue weighted by Crippen LogP contribution is 2.64. The Morgan fingerprint density at radius 3 is 2.01 bits per heavy atom. The van der Waals surface area contributed by atoms with Crippen molar-refractivity contribution in [2.45, 2.75) is 101 Å². The Morgan fingerprint density at radius 2 is 1.42 bits per heavy atom. The third-order valence-electron chi connectivity index (χ3n) is 14.6. The number of hydrogen-bond acceptors (Lipinski definition) is 14. The molecule has 17 heteroatoms. The molecule has 15 nitrogen and oxygen atoms in total. The Hall–Kier alpha value is -6.66. The minimum atomic E-state index is -2.51. The van der Waals surface area contributed by atoms with Crippen LogP contribution >= 0.6 is 0 Å². The van der Waals surface area contributed by atoms with E-state index < -0.39 is 130 Å². The quantitative estimate of drug-likeness (QED) is 0.0851. The van der Waals surface area contributed by atoms with Crippen LogP contribution in [0.5, 0.6) is 0 Å². The van der Waals surface area contributed by atoms with Gasteiger partial charge in [-0.15, -0.1) is 0 Å². The van der Waals surface area contributed by atoms with Crippen LogP contribution in [0.15, 0.2) is 120 Å². The highest BCUT2D eigenvalue weighted by molar-refractivity contribution is 5.96. The Bertz CT molecular complexity index is 2720. The normalized spacial score (nSPS) is 29.8. The number of esters is 4. The fourth-order valence-electron chi connectivity index (χ4n) is 10.9. The molecule has 8 rings (SSSR count). The lowest BCUT2D eigenvalue weighted by Crippen LogP contribution is -2.81. The van der Waals surface area contributed by atoms with Crippen LogP contribution in [0.3, 0.4) is 0 Å². The molecular formula is C52H51F2NO14. The number of hydrogen-bond donors (Lipinski definition) is 4. The molecule has 362 valence electrons. The lowest BCUT2D eigenvalue weighted by molar-refractivity contribution is -0.346. The van der Waals surface area contributed by atoms with Crippen molar-refractivity contribution in [3.05, 3.63) is 154 Å². The molecule has 11 atom stereocenters. The van der Waals surface area contributed by atoms with E-state index in [1.165, 1.54) is 64.1 Å². The van der Waals surface area contributed by atoms with Gasteiger partial charge in [0.05, 0.1) is 35.2 Å². The second kappa shape index (κ2) is 18.3. The number of ether oxygens (including phenoxy) is 5. The number of fused-ring (bicyclic) bond motifs is 5. The number of carbonyl (C=O) groups is 6. The van der Waals surface area contributed by atoms with Crippen LogP contribution < -0.4 is 5.32 Å². The van der Waals surface area contributed by atoms with Crippen molar-refractivity contribution in [3.8, 4) is 0 Å². The summed E-state index contributed by atoms with van der Waals surface area (Å²) in [6.45, 7) is 6.50. The van der Waals surface area contributed by atoms with Crippen LogP contribution in [0.2, 0.25) is 0 Å². The second-order valence-corrected chi connectivity index (χ2v) is 18.7. The third kappa shape index (κ3) is 8.20. The number of Topliss-reactive ketones (excluding diaryl/α,β-unsaturated/α-hetero) is 1. The van der Waals surface area contributed by atoms with Crippen molar-refractivity contribution < 1.29 is 76.6 Å². The van der Waals surface area contributed by atoms with Crippen LogP contribution in [-0.2, 0) is 38.1 Å². The topological polar surface area (TPSA) is 221 Å². The summed E-state index contributed by atoms with van der Waals surface area (Å²) in [5.41, 5.74) is -8.91. The molecule has 1 heterocycles. The van der Waals surface area contributed by atoms with E-state index in [1.54, 1.807) is 54.6 Å². The largest absolute Gasteiger partial charge is 0.455 e. The number of amides is 1. The maximum Gasteiger partial charge on any atom is 0.350 e. The van der Waals surface area contributed by atoms with E-state index >= 15 is 14.0 Å². The average molecular weight is 952 g/mol. The van der Waals surface area contributed by atoms with Gasteiger partial charge < -0.3 is 44.3 Å². The molecule has 2 bridgehead atoms. The molecule has 0 aromatic heterocycles. The first-order valence-corrected chi connectivity index (χ1v) is 22.3. The molecule has 0 spiro atoms. The summed E-state index contributed by atoms with van der Waals surface area (Å²) < 4.78 is 59.9. The second-order valence-electron chi connectivity index (χ2n) is 18.7. The van der Waals surface area contributed by atoms with E-state index in [-0.39, 0.29) is 40.9 Å². The summed E-state index contributed by atoms with van der Waals surface area (Å²) in [6, 6.07) is 24.4. The van der Waals surface area contributed by atoms with Crippen molar-refractivity contribution in [2.24, 2.45) is 16.7 Å². The summed E-state index contributed by atoms with van der Waals surface area (Å²) in [7, 11) is 0. The Balaban J connectivity index is 1.28. The summed E-state index contributed by atoms with van der Waals surface area (Å²) in [5, 5.41) is 40.8. The standard InChI is InChI=1S/C52H51F2NO14/c1-27-34(66-48(63)41(67-47(62)32-22-15-23-33(53)38(32)54)39(29-16-9-6-10-17-29)55-45(60)30-18-11-7-12-19-30)25-52(64)44(68-46(61)31-20-13-8-14-21-31)42-50(5,43(59)40(58)37(27)49(52,3)4)35(57)24-36-51(42,26-65-36)69-28(2)56/h6-23,34-36,39-42,44,57-58,64H,24-26H2,1-5H3,(H,55,60)/t34-,35-,36+,39-,40+,41+,42?,44-,50+,51-,52+/m0/s1. The Labute approximate surface area is 395 Å². The van der Waals surface area contributed by atoms with Crippen molar-refractivity contribution in [3.63, 3.8) is 0 Å². The maximum atomic E-state index is 15.2. The lowest BCUT2D eigenvalue weighted by atomic mass is 9.44. The Kier molecular flexibility index (Phi) is 13.0. The third-order valence-corrected chi connectivity index (χ3v) is 14.6. The van der Waals surface area contributed by atoms with Gasteiger partial charge in [-0.25, -0.2) is 23.2 Å². The molecule has 1 aliphatic heterocycles. The van der Waals surface area contributed by atoms with Gasteiger partial charge >= 0.3 is 23.9 Å². The van der Waals surface area contributed by atoms with Gasteiger partial charge in [0.25, 0.3) is 5.91 Å². The number of benzene rings is 4. The molecule has 1 amide bonds. The minimum Gasteiger partial charge on any atom is -0.455 e. The van der Waals surface area contributed by atoms with Gasteiger partial charge in [-0.2, -0.15) is 0 Å². The Morgan fingerprint density at radius 1 is 0.812 bits per heavy atom. The van der Waals surface area contributed by atoms with E-state index in [9.17, 15) is 38.9 Å². The van der Waals surface area contributed by atoms with Crippen molar-refractivity contribution in [2.75, 3.05) is 6.61 Å². The first-order valence-electron chi connectivity index (χ1n) is 22.3. The van der Waals surface area contributed by atoms with E-state index in [0.717, 1.165) is 25.1 Å². The monoisotopic (exact) mass is 951 g/mol. The molecule has 0 radical (unpaired) electrons. The van der Waals surface area contributed by atoms with E-state index in [0.29, 0.717) is 0 Å². The van der Waals surface area contributed by atoms with Gasteiger partial charge in [0.1, 0.15) is 36.1 Å². The van der Waals surface area contributed by atoms with Gasteiger partial charge in [-0.3, -0.25) is 14.4 Å². The SMILES string of the molecule is CC(=O)O[C@@]12CO[C@@H]1C[C@H](O)[C@@]1(C)C(=O)[C@H](O)C3=C(C)[C@@H](OC(=O)[C@H](OC(=O)c4cccc(F)c4F)[C@@H](NC(=O)c4ccccc4)c4ccccc4)C[C@@](O)([C@@H](OC(=O)c4ccccc4)C12)C3(C)C. The summed E-state index contributed by atoms with van der Waals surface area (Å²) in [6.07, 6.45) is -11.5. The molecule has 1 saturated heterocycles. The smallest absolute Gasteiger partial charge is 0.350 e.